The first kappa shape index (κ1) is 19.9. The van der Waals surface area contributed by atoms with Crippen LogP contribution in [0.25, 0.3) is 0 Å². The number of benzene rings is 1. The Kier molecular flexibility index (Phi) is 6.04. The van der Waals surface area contributed by atoms with Crippen LogP contribution in [-0.2, 0) is 15.9 Å². The van der Waals surface area contributed by atoms with Crippen LogP contribution in [0.3, 0.4) is 0 Å². The summed E-state index contributed by atoms with van der Waals surface area (Å²) in [5, 5.41) is 0. The predicted molar refractivity (Wildman–Crippen MR) is 103 cm³/mol. The smallest absolute Gasteiger partial charge is 0.355 e. The van der Waals surface area contributed by atoms with E-state index in [0.29, 0.717) is 47.8 Å². The molecule has 2 aromatic rings. The van der Waals surface area contributed by atoms with Gasteiger partial charge in [0.15, 0.2) is 5.78 Å². The Morgan fingerprint density at radius 1 is 1.14 bits per heavy atom. The van der Waals surface area contributed by atoms with Gasteiger partial charge in [0.25, 0.3) is 0 Å². The number of hydrogen-bond acceptors (Lipinski definition) is 6. The average Bonchev–Trinajstić information content (AvgIpc) is 3.04. The summed E-state index contributed by atoms with van der Waals surface area (Å²) >= 11 is 0. The molecule has 0 bridgehead atoms. The van der Waals surface area contributed by atoms with Gasteiger partial charge in [-0.3, -0.25) is 4.79 Å². The quantitative estimate of drug-likeness (QED) is 0.580. The van der Waals surface area contributed by atoms with Gasteiger partial charge in [0, 0.05) is 36.3 Å². The van der Waals surface area contributed by atoms with Gasteiger partial charge in [-0.05, 0) is 37.1 Å². The number of rotatable bonds is 7. The fraction of sp³-hybridized carbons (Fsp3) is 0.429. The second-order valence-corrected chi connectivity index (χ2v) is 6.74. The Morgan fingerprint density at radius 3 is 2.61 bits per heavy atom. The molecule has 0 aliphatic heterocycles. The van der Waals surface area contributed by atoms with Crippen LogP contribution in [0.1, 0.15) is 50.0 Å². The van der Waals surface area contributed by atoms with Crippen molar-refractivity contribution in [1.29, 1.82) is 0 Å². The normalized spacial score (nSPS) is 15.9. The monoisotopic (exact) mass is 387 g/mol. The number of ether oxygens (including phenoxy) is 4. The molecular formula is C21H25NO6. The molecule has 1 aromatic carbocycles. The molecule has 0 fully saturated rings. The van der Waals surface area contributed by atoms with Crippen molar-refractivity contribution in [3.8, 4) is 11.5 Å². The summed E-state index contributed by atoms with van der Waals surface area (Å²) < 4.78 is 20.9. The van der Waals surface area contributed by atoms with Crippen molar-refractivity contribution in [2.75, 3.05) is 34.5 Å². The molecule has 0 saturated carbocycles. The lowest BCUT2D eigenvalue weighted by Gasteiger charge is -2.24. The third kappa shape index (κ3) is 3.75. The number of H-pyrrole nitrogens is 1. The van der Waals surface area contributed by atoms with Crippen LogP contribution in [0, 0.1) is 6.92 Å². The zero-order chi connectivity index (χ0) is 20.3. The van der Waals surface area contributed by atoms with Gasteiger partial charge in [-0.2, -0.15) is 0 Å². The number of hydrogen-bond donors (Lipinski definition) is 1. The third-order valence-corrected chi connectivity index (χ3v) is 5.09. The molecule has 1 atom stereocenters. The molecule has 150 valence electrons. The number of methoxy groups -OCH3 is 3. The maximum atomic E-state index is 12.9. The van der Waals surface area contributed by atoms with E-state index in [0.717, 1.165) is 11.3 Å². The molecule has 0 radical (unpaired) electrons. The summed E-state index contributed by atoms with van der Waals surface area (Å²) in [6, 6.07) is 5.57. The zero-order valence-electron chi connectivity index (χ0n) is 16.6. The number of carbonyl (C=O) groups is 2. The minimum Gasteiger partial charge on any atom is -0.497 e. The Balaban J connectivity index is 1.90. The van der Waals surface area contributed by atoms with Gasteiger partial charge in [-0.1, -0.05) is 0 Å². The van der Waals surface area contributed by atoms with Crippen LogP contribution in [0.5, 0.6) is 11.5 Å². The second-order valence-electron chi connectivity index (χ2n) is 6.74. The average molecular weight is 387 g/mol. The van der Waals surface area contributed by atoms with Gasteiger partial charge < -0.3 is 23.9 Å². The lowest BCUT2D eigenvalue weighted by molar-refractivity contribution is 0.0381. The molecule has 7 heteroatoms. The summed E-state index contributed by atoms with van der Waals surface area (Å²) in [7, 11) is 4.75. The van der Waals surface area contributed by atoms with Crippen molar-refractivity contribution in [2.24, 2.45) is 0 Å². The Hall–Kier alpha value is -2.80. The Bertz CT molecular complexity index is 885. The fourth-order valence-electron chi connectivity index (χ4n) is 3.71. The van der Waals surface area contributed by atoms with Crippen LogP contribution in [0.2, 0.25) is 0 Å². The fourth-order valence-corrected chi connectivity index (χ4v) is 3.71. The lowest BCUT2D eigenvalue weighted by Crippen LogP contribution is -2.19. The van der Waals surface area contributed by atoms with Gasteiger partial charge in [-0.25, -0.2) is 4.79 Å². The highest BCUT2D eigenvalue weighted by molar-refractivity contribution is 6.03. The summed E-state index contributed by atoms with van der Waals surface area (Å²) in [6.45, 7) is 2.25. The number of fused-ring (bicyclic) bond motifs is 1. The van der Waals surface area contributed by atoms with Gasteiger partial charge in [-0.15, -0.1) is 0 Å². The maximum absolute atomic E-state index is 12.9. The van der Waals surface area contributed by atoms with Crippen molar-refractivity contribution in [2.45, 2.75) is 25.7 Å². The first-order valence-electron chi connectivity index (χ1n) is 9.12. The Morgan fingerprint density at radius 2 is 1.93 bits per heavy atom. The van der Waals surface area contributed by atoms with Crippen LogP contribution in [-0.4, -0.2) is 51.3 Å². The van der Waals surface area contributed by atoms with E-state index in [1.54, 1.807) is 21.1 Å². The van der Waals surface area contributed by atoms with E-state index in [1.807, 2.05) is 18.2 Å². The van der Waals surface area contributed by atoms with E-state index in [9.17, 15) is 9.59 Å². The standard InChI is InChI=1S/C21H25NO6/c1-12-19-16(22-20(12)21(24)28-8-7-25-2)9-13(10-17(19)23)15-11-14(26-3)5-6-18(15)27-4/h5-6,11,13,22H,7-10H2,1-4H3/t13-/m0/s1. The molecule has 1 heterocycles. The second kappa shape index (κ2) is 8.48. The highest BCUT2D eigenvalue weighted by atomic mass is 16.6. The van der Waals surface area contributed by atoms with E-state index < -0.39 is 5.97 Å². The first-order chi connectivity index (χ1) is 13.5. The maximum Gasteiger partial charge on any atom is 0.355 e. The number of carbonyl (C=O) groups excluding carboxylic acids is 2. The molecule has 1 aliphatic carbocycles. The number of aromatic amines is 1. The van der Waals surface area contributed by atoms with Gasteiger partial charge in [0.05, 0.1) is 20.8 Å². The molecular weight excluding hydrogens is 362 g/mol. The van der Waals surface area contributed by atoms with Crippen molar-refractivity contribution >= 4 is 11.8 Å². The Labute approximate surface area is 163 Å². The topological polar surface area (TPSA) is 86.9 Å². The van der Waals surface area contributed by atoms with E-state index >= 15 is 0 Å². The number of esters is 1. The van der Waals surface area contributed by atoms with Crippen molar-refractivity contribution in [1.82, 2.24) is 4.98 Å². The lowest BCUT2D eigenvalue weighted by atomic mass is 9.81. The minimum atomic E-state index is -0.479. The molecule has 0 amide bonds. The molecule has 1 N–H and O–H groups in total. The van der Waals surface area contributed by atoms with Crippen LogP contribution in [0.15, 0.2) is 18.2 Å². The number of Topliss-reactive ketones (excluding diaryl/α,β-unsaturated/α-hetero) is 1. The summed E-state index contributed by atoms with van der Waals surface area (Å²) in [5.74, 6) is 0.872. The SMILES string of the molecule is COCCOC(=O)c1[nH]c2c(c1C)C(=O)C[C@@H](c1cc(OC)ccc1OC)C2. The van der Waals surface area contributed by atoms with E-state index in [4.69, 9.17) is 18.9 Å². The van der Waals surface area contributed by atoms with Crippen molar-refractivity contribution in [3.63, 3.8) is 0 Å². The van der Waals surface area contributed by atoms with Crippen molar-refractivity contribution < 1.29 is 28.5 Å². The van der Waals surface area contributed by atoms with Gasteiger partial charge in [0.1, 0.15) is 23.8 Å². The number of aromatic nitrogens is 1. The molecule has 7 nitrogen and oxygen atoms in total. The van der Waals surface area contributed by atoms with Crippen LogP contribution in [0.4, 0.5) is 0 Å². The minimum absolute atomic E-state index is 0.000754. The molecule has 0 unspecified atom stereocenters. The van der Waals surface area contributed by atoms with Gasteiger partial charge in [0.2, 0.25) is 0 Å². The summed E-state index contributed by atoms with van der Waals surface area (Å²) in [4.78, 5) is 28.3. The van der Waals surface area contributed by atoms with E-state index in [2.05, 4.69) is 4.98 Å². The largest absolute Gasteiger partial charge is 0.497 e. The van der Waals surface area contributed by atoms with Gasteiger partial charge >= 0.3 is 5.97 Å². The molecule has 0 saturated heterocycles. The highest BCUT2D eigenvalue weighted by Gasteiger charge is 2.33. The van der Waals surface area contributed by atoms with E-state index in [1.165, 1.54) is 7.11 Å². The van der Waals surface area contributed by atoms with Crippen LogP contribution >= 0.6 is 0 Å². The molecule has 3 rings (SSSR count). The van der Waals surface area contributed by atoms with Crippen molar-refractivity contribution in [3.05, 3.63) is 46.3 Å². The zero-order valence-corrected chi connectivity index (χ0v) is 16.6. The first-order valence-corrected chi connectivity index (χ1v) is 9.12. The van der Waals surface area contributed by atoms with Crippen LogP contribution < -0.4 is 9.47 Å². The third-order valence-electron chi connectivity index (χ3n) is 5.09. The van der Waals surface area contributed by atoms with E-state index in [-0.39, 0.29) is 18.3 Å². The highest BCUT2D eigenvalue weighted by Crippen LogP contribution is 2.40. The molecule has 0 spiro atoms. The number of nitrogens with one attached hydrogen (secondary N) is 1. The molecule has 28 heavy (non-hydrogen) atoms. The molecule has 1 aliphatic rings. The number of ketones is 1. The molecule has 1 aromatic heterocycles. The predicted octanol–water partition coefficient (Wildman–Crippen LogP) is 3.06. The summed E-state index contributed by atoms with van der Waals surface area (Å²) in [5.41, 5.74) is 3.22. The summed E-state index contributed by atoms with van der Waals surface area (Å²) in [6.07, 6.45) is 0.935.